The Labute approximate surface area is 170 Å². The fraction of sp³-hybridized carbons (Fsp3) is 0.389. The van der Waals surface area contributed by atoms with Gasteiger partial charge in [0.25, 0.3) is 0 Å². The number of aromatic nitrogens is 3. The number of carbonyl (C=O) groups is 1. The summed E-state index contributed by atoms with van der Waals surface area (Å²) in [6, 6.07) is 1.30. The molecule has 30 heavy (non-hydrogen) atoms. The SMILES string of the molecule is CC1(C)CC(C=O)c2cnc3cc(F)nn3c21.CN/C(N)=C/C(N)=C(\N)OC(F)F. The van der Waals surface area contributed by atoms with E-state index >= 15 is 0 Å². The second kappa shape index (κ2) is 8.93. The number of ether oxygens (including phenoxy) is 1. The van der Waals surface area contributed by atoms with E-state index in [9.17, 15) is 18.0 Å². The first-order valence-electron chi connectivity index (χ1n) is 8.85. The van der Waals surface area contributed by atoms with Gasteiger partial charge in [0.2, 0.25) is 11.8 Å². The van der Waals surface area contributed by atoms with Crippen LogP contribution in [0.3, 0.4) is 0 Å². The molecule has 9 nitrogen and oxygen atoms in total. The van der Waals surface area contributed by atoms with Gasteiger partial charge < -0.3 is 32.0 Å². The minimum Gasteiger partial charge on any atom is -0.417 e. The number of halogens is 3. The lowest BCUT2D eigenvalue weighted by Crippen LogP contribution is -2.19. The molecule has 0 saturated carbocycles. The number of hydrogen-bond acceptors (Lipinski definition) is 8. The number of hydrogen-bond donors (Lipinski definition) is 4. The van der Waals surface area contributed by atoms with Gasteiger partial charge in [-0.3, -0.25) is 0 Å². The van der Waals surface area contributed by atoms with Gasteiger partial charge in [0.05, 0.1) is 17.2 Å². The van der Waals surface area contributed by atoms with Crippen LogP contribution in [0.1, 0.15) is 37.4 Å². The molecular weight excluding hydrogens is 403 g/mol. The highest BCUT2D eigenvalue weighted by molar-refractivity contribution is 5.66. The van der Waals surface area contributed by atoms with Crippen molar-refractivity contribution in [2.75, 3.05) is 7.05 Å². The van der Waals surface area contributed by atoms with E-state index in [1.165, 1.54) is 16.7 Å². The average Bonchev–Trinajstić information content (AvgIpc) is 3.16. The topological polar surface area (TPSA) is 147 Å². The van der Waals surface area contributed by atoms with Gasteiger partial charge >= 0.3 is 6.61 Å². The first kappa shape index (κ1) is 22.8. The van der Waals surface area contributed by atoms with Gasteiger partial charge in [-0.25, -0.2) is 9.50 Å². The van der Waals surface area contributed by atoms with Crippen molar-refractivity contribution >= 4 is 11.9 Å². The van der Waals surface area contributed by atoms with Crippen molar-refractivity contribution in [1.29, 1.82) is 0 Å². The van der Waals surface area contributed by atoms with Gasteiger partial charge in [0.15, 0.2) is 5.65 Å². The highest BCUT2D eigenvalue weighted by Gasteiger charge is 2.39. The summed E-state index contributed by atoms with van der Waals surface area (Å²) in [6.07, 6.45) is 4.49. The molecule has 0 saturated heterocycles. The summed E-state index contributed by atoms with van der Waals surface area (Å²) in [7, 11) is 1.54. The molecule has 1 atom stereocenters. The maximum absolute atomic E-state index is 13.2. The smallest absolute Gasteiger partial charge is 0.388 e. The monoisotopic (exact) mass is 427 g/mol. The van der Waals surface area contributed by atoms with Crippen molar-refractivity contribution in [2.24, 2.45) is 17.2 Å². The van der Waals surface area contributed by atoms with Gasteiger partial charge in [0.1, 0.15) is 6.29 Å². The molecule has 1 aliphatic rings. The molecule has 0 fully saturated rings. The van der Waals surface area contributed by atoms with E-state index in [-0.39, 0.29) is 22.9 Å². The van der Waals surface area contributed by atoms with Gasteiger partial charge in [-0.2, -0.15) is 13.2 Å². The molecule has 0 bridgehead atoms. The Morgan fingerprint density at radius 1 is 1.40 bits per heavy atom. The highest BCUT2D eigenvalue weighted by Crippen LogP contribution is 2.44. The van der Waals surface area contributed by atoms with E-state index in [1.54, 1.807) is 13.2 Å². The number of allylic oxidation sites excluding steroid dienone is 1. The van der Waals surface area contributed by atoms with Crippen LogP contribution in [0.4, 0.5) is 13.2 Å². The minimum atomic E-state index is -3.00. The van der Waals surface area contributed by atoms with Crippen LogP contribution < -0.4 is 22.5 Å². The fourth-order valence-corrected chi connectivity index (χ4v) is 3.22. The number of fused-ring (bicyclic) bond motifs is 3. The standard InChI is InChI=1S/C12H12FN3O.C6H12F2N4O/c1-12(2)4-7(6-17)8-5-14-10-3-9(13)15-16(10)11(8)12;1-12-4(10)2-3(9)5(11)13-6(7)8/h3,5-7H,4H2,1-2H3;2,6,12H,9-11H2,1H3/b;4-2+,5-3-. The maximum Gasteiger partial charge on any atom is 0.388 e. The lowest BCUT2D eigenvalue weighted by Gasteiger charge is -2.19. The Morgan fingerprint density at radius 2 is 2.07 bits per heavy atom. The number of nitrogens with one attached hydrogen (secondary N) is 1. The lowest BCUT2D eigenvalue weighted by molar-refractivity contribution is -0.109. The quantitative estimate of drug-likeness (QED) is 0.316. The maximum atomic E-state index is 13.2. The Balaban J connectivity index is 0.000000224. The van der Waals surface area contributed by atoms with Crippen molar-refractivity contribution < 1.29 is 22.7 Å². The molecule has 3 rings (SSSR count). The van der Waals surface area contributed by atoms with Crippen LogP contribution >= 0.6 is 0 Å². The fourth-order valence-electron chi connectivity index (χ4n) is 3.22. The molecule has 0 radical (unpaired) electrons. The van der Waals surface area contributed by atoms with Crippen LogP contribution in [0.5, 0.6) is 0 Å². The van der Waals surface area contributed by atoms with Gasteiger partial charge in [0, 0.05) is 42.3 Å². The molecule has 1 unspecified atom stereocenters. The van der Waals surface area contributed by atoms with E-state index in [2.05, 4.69) is 20.1 Å². The predicted octanol–water partition coefficient (Wildman–Crippen LogP) is 1.16. The van der Waals surface area contributed by atoms with Crippen LogP contribution in [0.15, 0.2) is 35.7 Å². The summed E-state index contributed by atoms with van der Waals surface area (Å²) in [4.78, 5) is 15.2. The molecule has 2 heterocycles. The average molecular weight is 427 g/mol. The van der Waals surface area contributed by atoms with Gasteiger partial charge in [-0.05, 0) is 6.42 Å². The third kappa shape index (κ3) is 4.93. The van der Waals surface area contributed by atoms with Gasteiger partial charge in [-0.15, -0.1) is 5.10 Å². The third-order valence-corrected chi connectivity index (χ3v) is 4.52. The molecule has 0 amide bonds. The molecule has 164 valence electrons. The third-order valence-electron chi connectivity index (χ3n) is 4.52. The van der Waals surface area contributed by atoms with E-state index in [4.69, 9.17) is 17.2 Å². The highest BCUT2D eigenvalue weighted by atomic mass is 19.3. The molecular formula is C18H24F3N7O2. The number of carbonyl (C=O) groups excluding carboxylic acids is 1. The van der Waals surface area contributed by atoms with Gasteiger partial charge in [-0.1, -0.05) is 13.8 Å². The predicted molar refractivity (Wildman–Crippen MR) is 103 cm³/mol. The number of rotatable bonds is 5. The van der Waals surface area contributed by atoms with Crippen LogP contribution in [-0.4, -0.2) is 34.5 Å². The number of aldehydes is 1. The van der Waals surface area contributed by atoms with Crippen LogP contribution in [0.25, 0.3) is 5.65 Å². The van der Waals surface area contributed by atoms with E-state index in [0.29, 0.717) is 12.1 Å². The molecule has 2 aromatic rings. The van der Waals surface area contributed by atoms with Crippen LogP contribution in [-0.2, 0) is 14.9 Å². The first-order chi connectivity index (χ1) is 14.0. The first-order valence-corrected chi connectivity index (χ1v) is 8.85. The Hall–Kier alpha value is -3.44. The van der Waals surface area contributed by atoms with Crippen molar-refractivity contribution in [1.82, 2.24) is 19.9 Å². The summed E-state index contributed by atoms with van der Waals surface area (Å²) in [5.74, 6) is -1.08. The second-order valence-corrected chi connectivity index (χ2v) is 7.18. The zero-order valence-corrected chi connectivity index (χ0v) is 16.7. The lowest BCUT2D eigenvalue weighted by atomic mass is 9.89. The summed E-state index contributed by atoms with van der Waals surface area (Å²) < 4.78 is 41.7. The van der Waals surface area contributed by atoms with Crippen molar-refractivity contribution in [2.45, 2.75) is 38.2 Å². The zero-order valence-electron chi connectivity index (χ0n) is 16.7. The summed E-state index contributed by atoms with van der Waals surface area (Å²) in [5, 5.41) is 6.35. The zero-order chi connectivity index (χ0) is 22.6. The Bertz CT molecular complexity index is 986. The Kier molecular flexibility index (Phi) is 6.80. The molecule has 0 aliphatic heterocycles. The molecule has 7 N–H and O–H groups in total. The molecule has 0 spiro atoms. The van der Waals surface area contributed by atoms with E-state index in [1.807, 2.05) is 13.8 Å². The summed E-state index contributed by atoms with van der Waals surface area (Å²) >= 11 is 0. The number of alkyl halides is 2. The van der Waals surface area contributed by atoms with Crippen molar-refractivity contribution in [3.05, 3.63) is 52.9 Å². The molecule has 1 aliphatic carbocycles. The largest absolute Gasteiger partial charge is 0.417 e. The summed E-state index contributed by atoms with van der Waals surface area (Å²) in [6.45, 7) is 1.07. The number of nitrogens with two attached hydrogens (primary N) is 3. The Morgan fingerprint density at radius 3 is 2.63 bits per heavy atom. The van der Waals surface area contributed by atoms with Crippen molar-refractivity contribution in [3.63, 3.8) is 0 Å². The second-order valence-electron chi connectivity index (χ2n) is 7.18. The molecule has 12 heteroatoms. The van der Waals surface area contributed by atoms with Crippen LogP contribution in [0.2, 0.25) is 0 Å². The van der Waals surface area contributed by atoms with E-state index < -0.39 is 18.4 Å². The van der Waals surface area contributed by atoms with Crippen molar-refractivity contribution in [3.8, 4) is 0 Å². The van der Waals surface area contributed by atoms with E-state index in [0.717, 1.165) is 17.5 Å². The normalized spacial score (nSPS) is 18.4. The van der Waals surface area contributed by atoms with Crippen LogP contribution in [0, 0.1) is 5.95 Å². The minimum absolute atomic E-state index is 0.160. The molecule has 0 aromatic carbocycles. The summed E-state index contributed by atoms with van der Waals surface area (Å²) in [5.41, 5.74) is 17.5. The number of nitrogens with zero attached hydrogens (tertiary/aromatic N) is 3. The molecule has 2 aromatic heterocycles.